The lowest BCUT2D eigenvalue weighted by molar-refractivity contribution is -0.149. The van der Waals surface area contributed by atoms with E-state index in [0.29, 0.717) is 18.8 Å². The highest BCUT2D eigenvalue weighted by atomic mass is 16.4. The van der Waals surface area contributed by atoms with Gasteiger partial charge in [-0.2, -0.15) is 0 Å². The van der Waals surface area contributed by atoms with Crippen molar-refractivity contribution in [3.8, 4) is 0 Å². The average Bonchev–Trinajstić information content (AvgIpc) is 2.28. The van der Waals surface area contributed by atoms with Crippen LogP contribution in [0.1, 0.15) is 39.0 Å². The SMILES string of the molecule is CCC1CCC(NC(=O)CN(C)C)(C(=O)O)CC1. The zero-order chi connectivity index (χ0) is 13.8. The van der Waals surface area contributed by atoms with Gasteiger partial charge in [-0.3, -0.25) is 4.79 Å². The monoisotopic (exact) mass is 256 g/mol. The van der Waals surface area contributed by atoms with Gasteiger partial charge in [0.2, 0.25) is 5.91 Å². The van der Waals surface area contributed by atoms with E-state index >= 15 is 0 Å². The largest absolute Gasteiger partial charge is 0.480 e. The van der Waals surface area contributed by atoms with E-state index in [4.69, 9.17) is 0 Å². The Morgan fingerprint density at radius 3 is 2.28 bits per heavy atom. The second-order valence-electron chi connectivity index (χ2n) is 5.52. The number of hydrogen-bond donors (Lipinski definition) is 2. The second kappa shape index (κ2) is 6.18. The Morgan fingerprint density at radius 2 is 1.89 bits per heavy atom. The summed E-state index contributed by atoms with van der Waals surface area (Å²) in [6, 6.07) is 0. The third-order valence-corrected chi connectivity index (χ3v) is 3.78. The van der Waals surface area contributed by atoms with Crippen molar-refractivity contribution in [1.29, 1.82) is 0 Å². The lowest BCUT2D eigenvalue weighted by Gasteiger charge is -2.37. The van der Waals surface area contributed by atoms with Crippen LogP contribution in [0, 0.1) is 5.92 Å². The molecule has 104 valence electrons. The van der Waals surface area contributed by atoms with Crippen molar-refractivity contribution in [2.45, 2.75) is 44.6 Å². The summed E-state index contributed by atoms with van der Waals surface area (Å²) >= 11 is 0. The van der Waals surface area contributed by atoms with E-state index in [1.165, 1.54) is 0 Å². The number of hydrogen-bond acceptors (Lipinski definition) is 3. The summed E-state index contributed by atoms with van der Waals surface area (Å²) in [6.07, 6.45) is 3.93. The van der Waals surface area contributed by atoms with Crippen LogP contribution in [0.5, 0.6) is 0 Å². The molecule has 18 heavy (non-hydrogen) atoms. The first-order valence-corrected chi connectivity index (χ1v) is 6.59. The van der Waals surface area contributed by atoms with Gasteiger partial charge in [0.15, 0.2) is 0 Å². The van der Waals surface area contributed by atoms with Crippen LogP contribution < -0.4 is 5.32 Å². The van der Waals surface area contributed by atoms with E-state index in [2.05, 4.69) is 12.2 Å². The van der Waals surface area contributed by atoms with Crippen LogP contribution in [0.4, 0.5) is 0 Å². The zero-order valence-electron chi connectivity index (χ0n) is 11.5. The molecular formula is C13H24N2O3. The maximum Gasteiger partial charge on any atom is 0.329 e. The quantitative estimate of drug-likeness (QED) is 0.772. The van der Waals surface area contributed by atoms with Gasteiger partial charge < -0.3 is 15.3 Å². The number of amides is 1. The van der Waals surface area contributed by atoms with Crippen LogP contribution in [0.2, 0.25) is 0 Å². The molecule has 0 spiro atoms. The first kappa shape index (κ1) is 15.0. The van der Waals surface area contributed by atoms with Crippen LogP contribution in [-0.2, 0) is 9.59 Å². The fraction of sp³-hybridized carbons (Fsp3) is 0.846. The minimum Gasteiger partial charge on any atom is -0.480 e. The fourth-order valence-electron chi connectivity index (χ4n) is 2.56. The lowest BCUT2D eigenvalue weighted by Crippen LogP contribution is -2.57. The normalized spacial score (nSPS) is 28.1. The minimum atomic E-state index is -1.04. The molecule has 0 unspecified atom stereocenters. The fourth-order valence-corrected chi connectivity index (χ4v) is 2.56. The molecule has 1 aliphatic carbocycles. The molecule has 1 amide bonds. The third-order valence-electron chi connectivity index (χ3n) is 3.78. The van der Waals surface area contributed by atoms with Gasteiger partial charge in [-0.05, 0) is 45.7 Å². The summed E-state index contributed by atoms with van der Waals surface area (Å²) in [5.41, 5.74) is -1.04. The first-order chi connectivity index (χ1) is 8.39. The summed E-state index contributed by atoms with van der Waals surface area (Å²) in [6.45, 7) is 2.36. The van der Waals surface area contributed by atoms with Gasteiger partial charge in [-0.15, -0.1) is 0 Å². The summed E-state index contributed by atoms with van der Waals surface area (Å²) < 4.78 is 0. The molecule has 1 aliphatic rings. The predicted molar refractivity (Wildman–Crippen MR) is 69.3 cm³/mol. The van der Waals surface area contributed by atoms with Crippen molar-refractivity contribution in [3.63, 3.8) is 0 Å². The number of aliphatic carboxylic acids is 1. The van der Waals surface area contributed by atoms with Gasteiger partial charge in [-0.1, -0.05) is 13.3 Å². The van der Waals surface area contributed by atoms with E-state index in [1.807, 2.05) is 0 Å². The highest BCUT2D eigenvalue weighted by molar-refractivity contribution is 5.87. The summed E-state index contributed by atoms with van der Waals surface area (Å²) in [5.74, 6) is -0.510. The molecule has 0 saturated heterocycles. The number of carboxylic acid groups (broad SMARTS) is 1. The van der Waals surface area contributed by atoms with Crippen molar-refractivity contribution >= 4 is 11.9 Å². The van der Waals surface area contributed by atoms with Crippen LogP contribution in [0.3, 0.4) is 0 Å². The summed E-state index contributed by atoms with van der Waals surface area (Å²) in [4.78, 5) is 25.0. The minimum absolute atomic E-state index is 0.211. The standard InChI is InChI=1S/C13H24N2O3/c1-4-10-5-7-13(8-6-10,12(17)18)14-11(16)9-15(2)3/h10H,4-9H2,1-3H3,(H,14,16)(H,17,18). The molecule has 0 radical (unpaired) electrons. The Kier molecular flexibility index (Phi) is 5.14. The van der Waals surface area contributed by atoms with E-state index in [0.717, 1.165) is 19.3 Å². The number of likely N-dealkylation sites (N-methyl/N-ethyl adjacent to an activating group) is 1. The molecule has 1 saturated carbocycles. The molecule has 0 aromatic heterocycles. The Labute approximate surface area is 109 Å². The molecule has 5 heteroatoms. The van der Waals surface area contributed by atoms with Crippen molar-refractivity contribution in [3.05, 3.63) is 0 Å². The number of carbonyl (C=O) groups is 2. The van der Waals surface area contributed by atoms with Gasteiger partial charge in [0.05, 0.1) is 6.54 Å². The van der Waals surface area contributed by atoms with Crippen LogP contribution in [0.25, 0.3) is 0 Å². The predicted octanol–water partition coefficient (Wildman–Crippen LogP) is 1.09. The van der Waals surface area contributed by atoms with E-state index in [1.54, 1.807) is 19.0 Å². The smallest absolute Gasteiger partial charge is 0.329 e. The maximum absolute atomic E-state index is 11.8. The van der Waals surface area contributed by atoms with Crippen LogP contribution in [-0.4, -0.2) is 48.1 Å². The Bertz CT molecular complexity index is 307. The van der Waals surface area contributed by atoms with Gasteiger partial charge >= 0.3 is 5.97 Å². The molecule has 0 atom stereocenters. The molecule has 0 aromatic carbocycles. The van der Waals surface area contributed by atoms with E-state index in [9.17, 15) is 14.7 Å². The molecule has 0 aliphatic heterocycles. The Hall–Kier alpha value is -1.10. The van der Waals surface area contributed by atoms with E-state index in [-0.39, 0.29) is 12.5 Å². The molecule has 0 heterocycles. The van der Waals surface area contributed by atoms with Crippen molar-refractivity contribution < 1.29 is 14.7 Å². The zero-order valence-corrected chi connectivity index (χ0v) is 11.5. The average molecular weight is 256 g/mol. The number of nitrogens with zero attached hydrogens (tertiary/aromatic N) is 1. The number of nitrogens with one attached hydrogen (secondary N) is 1. The molecule has 1 rings (SSSR count). The number of carbonyl (C=O) groups excluding carboxylic acids is 1. The van der Waals surface area contributed by atoms with Gasteiger partial charge in [0.1, 0.15) is 5.54 Å². The second-order valence-corrected chi connectivity index (χ2v) is 5.52. The number of carboxylic acids is 1. The Balaban J connectivity index is 2.65. The molecular weight excluding hydrogens is 232 g/mol. The maximum atomic E-state index is 11.8. The van der Waals surface area contributed by atoms with Crippen LogP contribution >= 0.6 is 0 Å². The Morgan fingerprint density at radius 1 is 1.33 bits per heavy atom. The van der Waals surface area contributed by atoms with E-state index < -0.39 is 11.5 Å². The highest BCUT2D eigenvalue weighted by Crippen LogP contribution is 2.33. The van der Waals surface area contributed by atoms with Crippen molar-refractivity contribution in [2.75, 3.05) is 20.6 Å². The number of rotatable bonds is 5. The molecule has 0 bridgehead atoms. The topological polar surface area (TPSA) is 69.6 Å². The molecule has 1 fully saturated rings. The summed E-state index contributed by atoms with van der Waals surface area (Å²) in [5, 5.41) is 12.1. The van der Waals surface area contributed by atoms with Crippen molar-refractivity contribution in [1.82, 2.24) is 10.2 Å². The summed E-state index contributed by atoms with van der Waals surface area (Å²) in [7, 11) is 3.59. The van der Waals surface area contributed by atoms with Crippen molar-refractivity contribution in [2.24, 2.45) is 5.92 Å². The molecule has 2 N–H and O–H groups in total. The van der Waals surface area contributed by atoms with Crippen LogP contribution in [0.15, 0.2) is 0 Å². The third kappa shape index (κ3) is 3.70. The molecule has 0 aromatic rings. The highest BCUT2D eigenvalue weighted by Gasteiger charge is 2.42. The molecule has 5 nitrogen and oxygen atoms in total. The van der Waals surface area contributed by atoms with Gasteiger partial charge in [-0.25, -0.2) is 4.79 Å². The van der Waals surface area contributed by atoms with Gasteiger partial charge in [0.25, 0.3) is 0 Å². The van der Waals surface area contributed by atoms with Gasteiger partial charge in [0, 0.05) is 0 Å². The first-order valence-electron chi connectivity index (χ1n) is 6.59. The lowest BCUT2D eigenvalue weighted by atomic mass is 9.75.